The van der Waals surface area contributed by atoms with E-state index in [1.165, 1.54) is 24.1 Å². The molecular formula is C17H31N3. The Bertz CT molecular complexity index is 372. The van der Waals surface area contributed by atoms with E-state index in [0.717, 1.165) is 25.6 Å². The van der Waals surface area contributed by atoms with Crippen LogP contribution in [0.2, 0.25) is 0 Å². The number of pyridine rings is 1. The maximum atomic E-state index is 4.29. The van der Waals surface area contributed by atoms with Gasteiger partial charge >= 0.3 is 0 Å². The molecule has 0 unspecified atom stereocenters. The van der Waals surface area contributed by atoms with Crippen molar-refractivity contribution in [3.05, 3.63) is 24.0 Å². The predicted molar refractivity (Wildman–Crippen MR) is 88.2 cm³/mol. The topological polar surface area (TPSA) is 28.2 Å². The van der Waals surface area contributed by atoms with Gasteiger partial charge in [0.2, 0.25) is 0 Å². The molecule has 1 aromatic rings. The Morgan fingerprint density at radius 2 is 1.90 bits per heavy atom. The molecule has 114 valence electrons. The van der Waals surface area contributed by atoms with Gasteiger partial charge in [0.1, 0.15) is 0 Å². The number of nitrogens with one attached hydrogen (secondary N) is 1. The van der Waals surface area contributed by atoms with Crippen LogP contribution in [0.4, 0.5) is 5.69 Å². The van der Waals surface area contributed by atoms with E-state index in [4.69, 9.17) is 0 Å². The van der Waals surface area contributed by atoms with Crippen molar-refractivity contribution in [1.82, 2.24) is 10.3 Å². The van der Waals surface area contributed by atoms with Gasteiger partial charge in [-0.1, -0.05) is 40.5 Å². The quantitative estimate of drug-likeness (QED) is 0.743. The molecule has 0 fully saturated rings. The van der Waals surface area contributed by atoms with Crippen LogP contribution in [0.15, 0.2) is 18.5 Å². The van der Waals surface area contributed by atoms with Crippen molar-refractivity contribution in [1.29, 1.82) is 0 Å². The van der Waals surface area contributed by atoms with Crippen LogP contribution in [-0.2, 0) is 6.54 Å². The fourth-order valence-corrected chi connectivity index (χ4v) is 2.43. The second kappa shape index (κ2) is 8.96. The van der Waals surface area contributed by atoms with Gasteiger partial charge in [-0.25, -0.2) is 0 Å². The van der Waals surface area contributed by atoms with Gasteiger partial charge in [-0.3, -0.25) is 4.98 Å². The first-order valence-corrected chi connectivity index (χ1v) is 8.03. The molecule has 3 nitrogen and oxygen atoms in total. The molecule has 0 saturated carbocycles. The average molecular weight is 277 g/mol. The molecule has 0 radical (unpaired) electrons. The molecular weight excluding hydrogens is 246 g/mol. The molecule has 0 bridgehead atoms. The van der Waals surface area contributed by atoms with Crippen LogP contribution < -0.4 is 10.2 Å². The first-order chi connectivity index (χ1) is 9.62. The molecule has 0 atom stereocenters. The summed E-state index contributed by atoms with van der Waals surface area (Å²) in [5.74, 6) is 0.772. The molecule has 20 heavy (non-hydrogen) atoms. The van der Waals surface area contributed by atoms with E-state index in [0.29, 0.717) is 6.04 Å². The molecule has 1 rings (SSSR count). The van der Waals surface area contributed by atoms with Crippen LogP contribution in [0.5, 0.6) is 0 Å². The van der Waals surface area contributed by atoms with Crippen molar-refractivity contribution in [2.45, 2.75) is 60.0 Å². The van der Waals surface area contributed by atoms with Crippen molar-refractivity contribution in [2.24, 2.45) is 5.92 Å². The zero-order chi connectivity index (χ0) is 15.0. The van der Waals surface area contributed by atoms with Gasteiger partial charge in [-0.2, -0.15) is 0 Å². The summed E-state index contributed by atoms with van der Waals surface area (Å²) >= 11 is 0. The number of rotatable bonds is 9. The summed E-state index contributed by atoms with van der Waals surface area (Å²) in [4.78, 5) is 6.79. The lowest BCUT2D eigenvalue weighted by Gasteiger charge is -2.29. The van der Waals surface area contributed by atoms with Gasteiger partial charge in [-0.15, -0.1) is 0 Å². The van der Waals surface area contributed by atoms with E-state index < -0.39 is 0 Å². The third-order valence-corrected chi connectivity index (χ3v) is 3.93. The number of nitrogens with zero attached hydrogens (tertiary/aromatic N) is 2. The zero-order valence-corrected chi connectivity index (χ0v) is 13.8. The summed E-state index contributed by atoms with van der Waals surface area (Å²) < 4.78 is 0. The summed E-state index contributed by atoms with van der Waals surface area (Å²) in [5.41, 5.74) is 2.64. The van der Waals surface area contributed by atoms with Crippen LogP contribution in [-0.4, -0.2) is 24.1 Å². The Balaban J connectivity index is 2.85. The zero-order valence-electron chi connectivity index (χ0n) is 13.8. The van der Waals surface area contributed by atoms with Crippen LogP contribution in [0.1, 0.15) is 53.0 Å². The smallest absolute Gasteiger partial charge is 0.0442 e. The van der Waals surface area contributed by atoms with Gasteiger partial charge in [-0.05, 0) is 18.9 Å². The van der Waals surface area contributed by atoms with E-state index >= 15 is 0 Å². The van der Waals surface area contributed by atoms with Crippen LogP contribution in [0.3, 0.4) is 0 Å². The van der Waals surface area contributed by atoms with E-state index in [1.54, 1.807) is 0 Å². The van der Waals surface area contributed by atoms with Crippen molar-refractivity contribution in [3.8, 4) is 0 Å². The number of aromatic nitrogens is 1. The van der Waals surface area contributed by atoms with E-state index in [-0.39, 0.29) is 0 Å². The predicted octanol–water partition coefficient (Wildman–Crippen LogP) is 3.84. The van der Waals surface area contributed by atoms with Crippen LogP contribution >= 0.6 is 0 Å². The lowest BCUT2D eigenvalue weighted by atomic mass is 10.0. The van der Waals surface area contributed by atoms with Crippen molar-refractivity contribution < 1.29 is 0 Å². The maximum Gasteiger partial charge on any atom is 0.0442 e. The molecule has 1 N–H and O–H groups in total. The van der Waals surface area contributed by atoms with E-state index in [9.17, 15) is 0 Å². The van der Waals surface area contributed by atoms with Gasteiger partial charge in [0, 0.05) is 49.3 Å². The molecule has 0 amide bonds. The third kappa shape index (κ3) is 5.12. The minimum Gasteiger partial charge on any atom is -0.371 e. The minimum absolute atomic E-state index is 0.497. The highest BCUT2D eigenvalue weighted by molar-refractivity contribution is 5.52. The average Bonchev–Trinajstić information content (AvgIpc) is 2.47. The standard InChI is InChI=1S/C17H31N3/c1-6-15(7-2)13-20(8-3)17-9-10-18-11-16(17)12-19-14(4)5/h9-11,14-15,19H,6-8,12-13H2,1-5H3. The molecule has 1 aromatic heterocycles. The fraction of sp³-hybridized carbons (Fsp3) is 0.706. The highest BCUT2D eigenvalue weighted by Crippen LogP contribution is 2.22. The van der Waals surface area contributed by atoms with Gasteiger partial charge in [0.15, 0.2) is 0 Å². The molecule has 0 aliphatic rings. The second-order valence-corrected chi connectivity index (χ2v) is 5.76. The Morgan fingerprint density at radius 3 is 2.45 bits per heavy atom. The monoisotopic (exact) mass is 277 g/mol. The molecule has 0 aliphatic heterocycles. The summed E-state index contributed by atoms with van der Waals surface area (Å²) in [5, 5.41) is 3.50. The van der Waals surface area contributed by atoms with E-state index in [1.807, 2.05) is 12.4 Å². The van der Waals surface area contributed by atoms with Crippen LogP contribution in [0, 0.1) is 5.92 Å². The highest BCUT2D eigenvalue weighted by atomic mass is 15.1. The summed E-state index contributed by atoms with van der Waals surface area (Å²) in [6.07, 6.45) is 6.40. The lowest BCUT2D eigenvalue weighted by molar-refractivity contribution is 0.485. The molecule has 0 spiro atoms. The van der Waals surface area contributed by atoms with Crippen LogP contribution in [0.25, 0.3) is 0 Å². The van der Waals surface area contributed by atoms with Crippen molar-refractivity contribution in [3.63, 3.8) is 0 Å². The molecule has 0 saturated heterocycles. The Morgan fingerprint density at radius 1 is 1.20 bits per heavy atom. The SMILES string of the molecule is CCC(CC)CN(CC)c1ccncc1CNC(C)C. The van der Waals surface area contributed by atoms with Crippen molar-refractivity contribution >= 4 is 5.69 Å². The van der Waals surface area contributed by atoms with E-state index in [2.05, 4.69) is 55.9 Å². The molecule has 1 heterocycles. The van der Waals surface area contributed by atoms with Gasteiger partial charge in [0.25, 0.3) is 0 Å². The van der Waals surface area contributed by atoms with Gasteiger partial charge in [0.05, 0.1) is 0 Å². The second-order valence-electron chi connectivity index (χ2n) is 5.76. The molecule has 0 aromatic carbocycles. The Hall–Kier alpha value is -1.09. The number of hydrogen-bond donors (Lipinski definition) is 1. The molecule has 3 heteroatoms. The summed E-state index contributed by atoms with van der Waals surface area (Å²) in [6, 6.07) is 2.65. The highest BCUT2D eigenvalue weighted by Gasteiger charge is 2.14. The largest absolute Gasteiger partial charge is 0.371 e. The molecule has 0 aliphatic carbocycles. The summed E-state index contributed by atoms with van der Waals surface area (Å²) in [6.45, 7) is 14.3. The third-order valence-electron chi connectivity index (χ3n) is 3.93. The lowest BCUT2D eigenvalue weighted by Crippen LogP contribution is -2.31. The fourth-order valence-electron chi connectivity index (χ4n) is 2.43. The van der Waals surface area contributed by atoms with Gasteiger partial charge < -0.3 is 10.2 Å². The number of hydrogen-bond acceptors (Lipinski definition) is 3. The van der Waals surface area contributed by atoms with Crippen molar-refractivity contribution in [2.75, 3.05) is 18.0 Å². The first-order valence-electron chi connectivity index (χ1n) is 8.03. The first kappa shape index (κ1) is 17.0. The maximum absolute atomic E-state index is 4.29. The Kier molecular flexibility index (Phi) is 7.60. The Labute approximate surface area is 124 Å². The normalized spacial score (nSPS) is 11.3. The minimum atomic E-state index is 0.497. The number of anilines is 1. The summed E-state index contributed by atoms with van der Waals surface area (Å²) in [7, 11) is 0.